The number of sulfonamides is 1. The van der Waals surface area contributed by atoms with Gasteiger partial charge in [-0.3, -0.25) is 4.72 Å². The van der Waals surface area contributed by atoms with Crippen molar-refractivity contribution in [2.75, 3.05) is 4.72 Å². The molecular weight excluding hydrogens is 476 g/mol. The largest absolute Gasteiger partial charge is 0.431 e. The van der Waals surface area contributed by atoms with Crippen LogP contribution in [-0.2, 0) is 16.6 Å². The van der Waals surface area contributed by atoms with Gasteiger partial charge in [-0.15, -0.1) is 4.40 Å². The van der Waals surface area contributed by atoms with Gasteiger partial charge in [0, 0.05) is 29.3 Å². The predicted molar refractivity (Wildman–Crippen MR) is 137 cm³/mol. The molecule has 36 heavy (non-hydrogen) atoms. The van der Waals surface area contributed by atoms with Gasteiger partial charge in [0.2, 0.25) is 5.82 Å². The van der Waals surface area contributed by atoms with Crippen LogP contribution in [-0.4, -0.2) is 23.0 Å². The Balaban J connectivity index is 1.49. The molecule has 0 bridgehead atoms. The number of nitrogens with zero attached hydrogens (tertiary/aromatic N) is 5. The molecule has 2 aromatic carbocycles. The summed E-state index contributed by atoms with van der Waals surface area (Å²) in [6.45, 7) is 6.52. The molecule has 0 amide bonds. The molecule has 1 N–H and O–H groups in total. The van der Waals surface area contributed by atoms with Crippen LogP contribution in [0, 0.1) is 13.8 Å². The van der Waals surface area contributed by atoms with Crippen molar-refractivity contribution in [3.63, 3.8) is 0 Å². The van der Waals surface area contributed by atoms with Gasteiger partial charge in [0.05, 0.1) is 17.1 Å². The van der Waals surface area contributed by atoms with E-state index >= 15 is 0 Å². The topological polar surface area (TPSA) is 110 Å². The Bertz CT molecular complexity index is 1710. The van der Waals surface area contributed by atoms with Crippen molar-refractivity contribution in [2.45, 2.75) is 51.5 Å². The maximum absolute atomic E-state index is 13.2. The molecule has 2 aromatic heterocycles. The smallest absolute Gasteiger partial charge is 0.280 e. The van der Waals surface area contributed by atoms with Crippen LogP contribution < -0.4 is 20.2 Å². The molecule has 4 aromatic rings. The van der Waals surface area contributed by atoms with E-state index in [1.807, 2.05) is 29.7 Å². The van der Waals surface area contributed by atoms with Gasteiger partial charge in [-0.1, -0.05) is 49.6 Å². The summed E-state index contributed by atoms with van der Waals surface area (Å²) in [6, 6.07) is 13.6. The molecule has 10 heteroatoms. The fourth-order valence-electron chi connectivity index (χ4n) is 4.28. The normalized spacial score (nSPS) is 12.9. The minimum absolute atomic E-state index is 0.141. The van der Waals surface area contributed by atoms with Crippen LogP contribution in [0.25, 0.3) is 17.6 Å². The van der Waals surface area contributed by atoms with Crippen molar-refractivity contribution in [1.29, 1.82) is 0 Å². The van der Waals surface area contributed by atoms with Crippen molar-refractivity contribution >= 4 is 33.3 Å². The van der Waals surface area contributed by atoms with E-state index in [2.05, 4.69) is 26.8 Å². The fraction of sp³-hybridized carbons (Fsp3) is 0.269. The zero-order valence-electron chi connectivity index (χ0n) is 20.4. The molecule has 0 fully saturated rings. The second-order valence-electron chi connectivity index (χ2n) is 8.92. The highest BCUT2D eigenvalue weighted by Crippen LogP contribution is 2.23. The molecule has 3 heterocycles. The van der Waals surface area contributed by atoms with E-state index in [0.29, 0.717) is 46.1 Å². The van der Waals surface area contributed by atoms with E-state index in [-0.39, 0.29) is 10.5 Å². The van der Waals surface area contributed by atoms with E-state index in [1.54, 1.807) is 43.3 Å². The Labute approximate surface area is 208 Å². The number of fused-ring (bicyclic) bond motifs is 2. The molecule has 0 atom stereocenters. The van der Waals surface area contributed by atoms with Crippen molar-refractivity contribution < 1.29 is 13.0 Å². The van der Waals surface area contributed by atoms with Gasteiger partial charge >= 0.3 is 11.3 Å². The third-order valence-corrected chi connectivity index (χ3v) is 7.64. The summed E-state index contributed by atoms with van der Waals surface area (Å²) in [5.74, 6) is 1.02. The Morgan fingerprint density at radius 1 is 0.972 bits per heavy atom. The van der Waals surface area contributed by atoms with E-state index in [0.717, 1.165) is 24.8 Å². The van der Waals surface area contributed by atoms with Crippen LogP contribution in [0.3, 0.4) is 0 Å². The van der Waals surface area contributed by atoms with E-state index in [1.165, 1.54) is 4.40 Å². The minimum Gasteiger partial charge on any atom is -0.280 e. The summed E-state index contributed by atoms with van der Waals surface area (Å²) in [5, 5.41) is 8.68. The van der Waals surface area contributed by atoms with Gasteiger partial charge in [-0.25, -0.2) is 22.8 Å². The number of hydrogen-bond donors (Lipinski definition) is 1. The second-order valence-corrected chi connectivity index (χ2v) is 10.6. The summed E-state index contributed by atoms with van der Waals surface area (Å²) < 4.78 is 31.8. The van der Waals surface area contributed by atoms with Gasteiger partial charge in [0.1, 0.15) is 5.69 Å². The lowest BCUT2D eigenvalue weighted by atomic mass is 10.1. The van der Waals surface area contributed by atoms with Crippen molar-refractivity contribution in [2.24, 2.45) is 4.99 Å². The number of benzene rings is 2. The maximum Gasteiger partial charge on any atom is 0.431 e. The van der Waals surface area contributed by atoms with E-state index in [4.69, 9.17) is 0 Å². The number of hydrogen-bond acceptors (Lipinski definition) is 6. The molecule has 0 spiro atoms. The van der Waals surface area contributed by atoms with Gasteiger partial charge in [0.25, 0.3) is 10.0 Å². The highest BCUT2D eigenvalue weighted by atomic mass is 32.2. The van der Waals surface area contributed by atoms with Crippen LogP contribution in [0.15, 0.2) is 63.2 Å². The average molecular weight is 504 g/mol. The van der Waals surface area contributed by atoms with Gasteiger partial charge in [-0.05, 0) is 42.7 Å². The first kappa shape index (κ1) is 23.8. The van der Waals surface area contributed by atoms with E-state index < -0.39 is 10.0 Å². The van der Waals surface area contributed by atoms with Crippen molar-refractivity contribution in [1.82, 2.24) is 14.6 Å². The minimum atomic E-state index is -3.74. The highest BCUT2D eigenvalue weighted by molar-refractivity contribution is 7.92. The monoisotopic (exact) mass is 503 g/mol. The summed E-state index contributed by atoms with van der Waals surface area (Å²) >= 11 is 0. The molecule has 0 radical (unpaired) electrons. The zero-order chi connectivity index (χ0) is 25.4. The molecule has 0 unspecified atom stereocenters. The molecular formula is C26H27N6O3S+. The predicted octanol–water partition coefficient (Wildman–Crippen LogP) is 2.84. The quantitative estimate of drug-likeness (QED) is 0.294. The molecule has 1 aliphatic rings. The summed E-state index contributed by atoms with van der Waals surface area (Å²) in [4.78, 5) is 18.0. The van der Waals surface area contributed by atoms with Crippen molar-refractivity contribution in [3.8, 4) is 0 Å². The number of nitrogens with one attached hydrogen (secondary N) is 1. The number of anilines is 1. The molecule has 5 rings (SSSR count). The maximum atomic E-state index is 13.2. The molecule has 1 aliphatic heterocycles. The second kappa shape index (κ2) is 9.27. The molecule has 9 nitrogen and oxygen atoms in total. The number of unbranched alkanes of at least 4 members (excludes halogenated alkanes) is 2. The molecule has 0 aliphatic carbocycles. The van der Waals surface area contributed by atoms with Crippen LogP contribution >= 0.6 is 0 Å². The Kier molecular flexibility index (Phi) is 6.13. The first-order valence-electron chi connectivity index (χ1n) is 11.9. The van der Waals surface area contributed by atoms with Gasteiger partial charge < -0.3 is 0 Å². The zero-order valence-corrected chi connectivity index (χ0v) is 21.2. The summed E-state index contributed by atoms with van der Waals surface area (Å²) in [6.07, 6.45) is 4.93. The summed E-state index contributed by atoms with van der Waals surface area (Å²) in [7, 11) is -3.74. The number of aromatic nitrogens is 4. The molecule has 184 valence electrons. The lowest BCUT2D eigenvalue weighted by molar-refractivity contribution is -0.679. The first-order chi connectivity index (χ1) is 17.3. The highest BCUT2D eigenvalue weighted by Gasteiger charge is 2.27. The lowest BCUT2D eigenvalue weighted by Crippen LogP contribution is -2.50. The van der Waals surface area contributed by atoms with Crippen LogP contribution in [0.4, 0.5) is 5.69 Å². The van der Waals surface area contributed by atoms with Gasteiger partial charge in [-0.2, -0.15) is 0 Å². The van der Waals surface area contributed by atoms with E-state index in [9.17, 15) is 13.2 Å². The van der Waals surface area contributed by atoms with Gasteiger partial charge in [0.15, 0.2) is 5.36 Å². The third-order valence-electron chi connectivity index (χ3n) is 6.24. The number of rotatable bonds is 8. The fourth-order valence-corrected chi connectivity index (χ4v) is 5.34. The van der Waals surface area contributed by atoms with Crippen LogP contribution in [0.2, 0.25) is 0 Å². The van der Waals surface area contributed by atoms with Crippen molar-refractivity contribution in [3.05, 3.63) is 86.9 Å². The van der Waals surface area contributed by atoms with Crippen LogP contribution in [0.5, 0.6) is 0 Å². The average Bonchev–Trinajstić information content (AvgIpc) is 3.48. The molecule has 0 saturated carbocycles. The Morgan fingerprint density at radius 2 is 1.69 bits per heavy atom. The first-order valence-corrected chi connectivity index (χ1v) is 13.4. The standard InChI is InChI=1S/C26H27N6O3S/c1-4-5-6-15-31-23-16-22(27-24(23)25(33)32-18(3)28-29-26(31)32)19-9-13-21(14-10-19)36(34,35)30-20-11-7-17(2)8-12-20/h7-14,16,30H,4-6,15H2,1-3H3/q+1. The molecule has 0 saturated heterocycles. The SMILES string of the molecule is CCCCC[n+]1c2c(c(=O)n3c(C)nnc31)=NC(c1ccc(S(=O)(=O)Nc3ccc(C)cc3)cc1)=C2. The van der Waals surface area contributed by atoms with Crippen LogP contribution in [0.1, 0.15) is 48.8 Å². The number of aryl methyl sites for hydroxylation is 3. The summed E-state index contributed by atoms with van der Waals surface area (Å²) in [5.41, 5.74) is 3.29. The lowest BCUT2D eigenvalue weighted by Gasteiger charge is -2.09. The Morgan fingerprint density at radius 3 is 2.39 bits per heavy atom. The Hall–Kier alpha value is -3.92. The third kappa shape index (κ3) is 4.28.